The first-order valence-electron chi connectivity index (χ1n) is 12.2. The number of thiophene rings is 2. The van der Waals surface area contributed by atoms with Gasteiger partial charge in [0.2, 0.25) is 0 Å². The fourth-order valence-electron chi connectivity index (χ4n) is 4.77. The van der Waals surface area contributed by atoms with Gasteiger partial charge in [0.1, 0.15) is 5.69 Å². The smallest absolute Gasteiger partial charge is 0.304 e. The molecule has 4 heterocycles. The molecule has 0 saturated heterocycles. The minimum absolute atomic E-state index is 0.0482. The number of nitrogens with zero attached hydrogens (tertiary/aromatic N) is 3. The fraction of sp³-hybridized carbons (Fsp3) is 0.286. The van der Waals surface area contributed by atoms with E-state index in [1.165, 1.54) is 4.88 Å². The summed E-state index contributed by atoms with van der Waals surface area (Å²) in [5.74, 6) is 0. The number of fused-ring (bicyclic) bond motifs is 1. The summed E-state index contributed by atoms with van der Waals surface area (Å²) in [6.45, 7) is 11.2. The van der Waals surface area contributed by atoms with Gasteiger partial charge in [0.25, 0.3) is 0 Å². The maximum absolute atomic E-state index is 12.1. The van der Waals surface area contributed by atoms with Crippen LogP contribution in [-0.4, -0.2) is 34.3 Å². The average Bonchev–Trinajstić information content (AvgIpc) is 3.55. The van der Waals surface area contributed by atoms with E-state index in [2.05, 4.69) is 25.1 Å². The topological polar surface area (TPSA) is 94.3 Å². The molecule has 1 N–H and O–H groups in total. The predicted octanol–water partition coefficient (Wildman–Crippen LogP) is 6.95. The van der Waals surface area contributed by atoms with Crippen molar-refractivity contribution in [3.05, 3.63) is 74.7 Å². The number of aryl methyl sites for hydroxylation is 4. The molecule has 0 saturated carbocycles. The maximum atomic E-state index is 12.1. The van der Waals surface area contributed by atoms with Gasteiger partial charge in [-0.3, -0.25) is 14.2 Å². The first kappa shape index (κ1) is 26.7. The molecule has 0 aliphatic heterocycles. The largest absolute Gasteiger partial charge is 0.377 e. The lowest BCUT2D eigenvalue weighted by molar-refractivity contribution is 0.134. The number of hydrogen-bond donors (Lipinski definition) is 1. The summed E-state index contributed by atoms with van der Waals surface area (Å²) in [4.78, 5) is 7.84. The standard InChI is InChI=1S/C28H29N3O4S3/c1-6-35-15-21-13-20(8-9-22(21)23-12-18(4)37-28(23)38(32,33)34)14-31-24-11-16(2)29-19(5)26(24)27(30-31)25-10-7-17(3)36-25/h7-13H,6,14-15H2,1-5H3,(H,32,33,34). The molecule has 5 aromatic rings. The SMILES string of the molecule is CCOCc1cc(Cn2nc(-c3ccc(C)s3)c3c(C)nc(C)cc32)ccc1-c1cc(C)sc1S(=O)(=O)O. The van der Waals surface area contributed by atoms with Crippen LogP contribution in [0, 0.1) is 27.7 Å². The molecule has 0 aliphatic rings. The van der Waals surface area contributed by atoms with Gasteiger partial charge >= 0.3 is 10.1 Å². The second kappa shape index (κ2) is 10.3. The van der Waals surface area contributed by atoms with Gasteiger partial charge in [-0.1, -0.05) is 18.2 Å². The lowest BCUT2D eigenvalue weighted by atomic mass is 9.99. The Bertz CT molecular complexity index is 1760. The quantitative estimate of drug-likeness (QED) is 0.204. The minimum Gasteiger partial charge on any atom is -0.377 e. The van der Waals surface area contributed by atoms with Crippen LogP contribution in [0.4, 0.5) is 0 Å². The van der Waals surface area contributed by atoms with Crippen LogP contribution in [0.15, 0.2) is 46.7 Å². The molecule has 0 atom stereocenters. The summed E-state index contributed by atoms with van der Waals surface area (Å²) >= 11 is 2.78. The van der Waals surface area contributed by atoms with Crippen molar-refractivity contribution in [2.45, 2.75) is 52.0 Å². The van der Waals surface area contributed by atoms with Crippen molar-refractivity contribution >= 4 is 43.7 Å². The van der Waals surface area contributed by atoms with E-state index in [9.17, 15) is 13.0 Å². The Hall–Kier alpha value is -2.89. The summed E-state index contributed by atoms with van der Waals surface area (Å²) in [5, 5.41) is 6.09. The highest BCUT2D eigenvalue weighted by Gasteiger charge is 2.23. The van der Waals surface area contributed by atoms with E-state index in [4.69, 9.17) is 14.8 Å². The van der Waals surface area contributed by atoms with Crippen LogP contribution < -0.4 is 0 Å². The van der Waals surface area contributed by atoms with Gasteiger partial charge in [0, 0.05) is 33.3 Å². The molecule has 0 radical (unpaired) electrons. The van der Waals surface area contributed by atoms with Crippen LogP contribution in [-0.2, 0) is 28.0 Å². The number of pyridine rings is 1. The zero-order chi connectivity index (χ0) is 27.2. The van der Waals surface area contributed by atoms with E-state index >= 15 is 0 Å². The van der Waals surface area contributed by atoms with Crippen molar-refractivity contribution in [3.63, 3.8) is 0 Å². The first-order valence-corrected chi connectivity index (χ1v) is 15.3. The Morgan fingerprint density at radius 1 is 0.974 bits per heavy atom. The van der Waals surface area contributed by atoms with Gasteiger partial charge in [-0.05, 0) is 75.6 Å². The zero-order valence-corrected chi connectivity index (χ0v) is 24.4. The van der Waals surface area contributed by atoms with E-state index in [1.54, 1.807) is 17.4 Å². The van der Waals surface area contributed by atoms with Gasteiger partial charge < -0.3 is 4.74 Å². The van der Waals surface area contributed by atoms with Crippen molar-refractivity contribution in [1.29, 1.82) is 0 Å². The van der Waals surface area contributed by atoms with Crippen LogP contribution in [0.1, 0.15) is 39.2 Å². The lowest BCUT2D eigenvalue weighted by Gasteiger charge is -2.13. The van der Waals surface area contributed by atoms with Gasteiger partial charge in [-0.15, -0.1) is 22.7 Å². The third kappa shape index (κ3) is 5.19. The molecule has 4 aromatic heterocycles. The summed E-state index contributed by atoms with van der Waals surface area (Å²) in [6, 6.07) is 14.0. The highest BCUT2D eigenvalue weighted by atomic mass is 32.3. The molecule has 7 nitrogen and oxygen atoms in total. The number of rotatable bonds is 8. The number of benzene rings is 1. The van der Waals surface area contributed by atoms with E-state index in [0.29, 0.717) is 25.3 Å². The van der Waals surface area contributed by atoms with E-state index in [0.717, 1.165) is 65.8 Å². The molecule has 0 spiro atoms. The zero-order valence-electron chi connectivity index (χ0n) is 21.9. The molecule has 198 valence electrons. The van der Waals surface area contributed by atoms with Crippen LogP contribution in [0.3, 0.4) is 0 Å². The molecule has 38 heavy (non-hydrogen) atoms. The Kier molecular flexibility index (Phi) is 7.27. The molecule has 0 aliphatic carbocycles. The molecule has 0 fully saturated rings. The Balaban J connectivity index is 1.62. The van der Waals surface area contributed by atoms with Gasteiger partial charge in [0.15, 0.2) is 4.21 Å². The number of ether oxygens (including phenoxy) is 1. The fourth-order valence-corrected chi connectivity index (χ4v) is 7.64. The molecule has 5 rings (SSSR count). The Morgan fingerprint density at radius 3 is 2.45 bits per heavy atom. The lowest BCUT2D eigenvalue weighted by Crippen LogP contribution is -2.05. The van der Waals surface area contributed by atoms with E-state index in [-0.39, 0.29) is 4.21 Å². The van der Waals surface area contributed by atoms with Crippen LogP contribution in [0.5, 0.6) is 0 Å². The van der Waals surface area contributed by atoms with Gasteiger partial charge in [-0.25, -0.2) is 0 Å². The third-order valence-electron chi connectivity index (χ3n) is 6.33. The second-order valence-electron chi connectivity index (χ2n) is 9.32. The Labute approximate surface area is 230 Å². The summed E-state index contributed by atoms with van der Waals surface area (Å²) < 4.78 is 41.7. The highest BCUT2D eigenvalue weighted by molar-refractivity contribution is 7.88. The van der Waals surface area contributed by atoms with Gasteiger partial charge in [-0.2, -0.15) is 13.5 Å². The van der Waals surface area contributed by atoms with Crippen LogP contribution in [0.25, 0.3) is 32.6 Å². The monoisotopic (exact) mass is 567 g/mol. The molecule has 10 heteroatoms. The predicted molar refractivity (Wildman–Crippen MR) is 154 cm³/mol. The molecule has 1 aromatic carbocycles. The number of hydrogen-bond acceptors (Lipinski definition) is 7. The average molecular weight is 568 g/mol. The van der Waals surface area contributed by atoms with Crippen molar-refractivity contribution < 1.29 is 17.7 Å². The van der Waals surface area contributed by atoms with Crippen molar-refractivity contribution in [3.8, 4) is 21.7 Å². The molecule has 0 unspecified atom stereocenters. The van der Waals surface area contributed by atoms with Crippen molar-refractivity contribution in [2.24, 2.45) is 0 Å². The summed E-state index contributed by atoms with van der Waals surface area (Å²) in [6.07, 6.45) is 0. The van der Waals surface area contributed by atoms with Crippen LogP contribution >= 0.6 is 22.7 Å². The molecule has 0 bridgehead atoms. The first-order chi connectivity index (χ1) is 18.0. The van der Waals surface area contributed by atoms with Gasteiger partial charge in [0.05, 0.1) is 28.9 Å². The Morgan fingerprint density at radius 2 is 1.76 bits per heavy atom. The maximum Gasteiger partial charge on any atom is 0.304 e. The normalized spacial score (nSPS) is 12.1. The van der Waals surface area contributed by atoms with Crippen LogP contribution in [0.2, 0.25) is 0 Å². The summed E-state index contributed by atoms with van der Waals surface area (Å²) in [5.41, 5.74) is 6.92. The molecular formula is C28H29N3O4S3. The third-order valence-corrected chi connectivity index (χ3v) is 9.75. The van der Waals surface area contributed by atoms with E-state index < -0.39 is 10.1 Å². The highest BCUT2D eigenvalue weighted by Crippen LogP contribution is 2.38. The summed E-state index contributed by atoms with van der Waals surface area (Å²) in [7, 11) is -4.35. The molecular weight excluding hydrogens is 539 g/mol. The number of aromatic nitrogens is 3. The minimum atomic E-state index is -4.35. The second-order valence-corrected chi connectivity index (χ2v) is 13.5. The molecule has 0 amide bonds. The van der Waals surface area contributed by atoms with E-state index in [1.807, 2.05) is 50.6 Å². The van der Waals surface area contributed by atoms with Crippen molar-refractivity contribution in [1.82, 2.24) is 14.8 Å². The van der Waals surface area contributed by atoms with Crippen molar-refractivity contribution in [2.75, 3.05) is 6.61 Å².